The van der Waals surface area contributed by atoms with Crippen molar-refractivity contribution in [1.82, 2.24) is 9.88 Å². The number of pyridine rings is 1. The van der Waals surface area contributed by atoms with Gasteiger partial charge < -0.3 is 15.4 Å². The molecule has 1 aromatic carbocycles. The number of aromatic nitrogens is 1. The number of hydrogen-bond acceptors (Lipinski definition) is 7. The fourth-order valence-electron chi connectivity index (χ4n) is 5.41. The van der Waals surface area contributed by atoms with E-state index in [1.807, 2.05) is 19.1 Å². The number of fused-ring (bicyclic) bond motifs is 1. The molecular weight excluding hydrogens is 418 g/mol. The van der Waals surface area contributed by atoms with Crippen LogP contribution in [0.25, 0.3) is 0 Å². The Labute approximate surface area is 192 Å². The molecule has 3 aliphatic heterocycles. The molecule has 0 saturated carbocycles. The third-order valence-electron chi connectivity index (χ3n) is 7.45. The van der Waals surface area contributed by atoms with Gasteiger partial charge in [-0.25, -0.2) is 9.78 Å². The lowest BCUT2D eigenvalue weighted by Gasteiger charge is -2.39. The summed E-state index contributed by atoms with van der Waals surface area (Å²) >= 11 is 0. The normalized spacial score (nSPS) is 20.6. The molecule has 1 atom stereocenters. The Bertz CT molecular complexity index is 1150. The zero-order valence-electron chi connectivity index (χ0n) is 18.7. The Kier molecular flexibility index (Phi) is 5.39. The van der Waals surface area contributed by atoms with Crippen LogP contribution in [-0.2, 0) is 16.1 Å². The van der Waals surface area contributed by atoms with Gasteiger partial charge in [-0.2, -0.15) is 5.26 Å². The van der Waals surface area contributed by atoms with Crippen LogP contribution in [0.1, 0.15) is 57.9 Å². The second-order valence-electron chi connectivity index (χ2n) is 9.46. The molecule has 2 fully saturated rings. The zero-order valence-corrected chi connectivity index (χ0v) is 18.7. The average molecular weight is 446 g/mol. The number of carbonyl (C=O) groups excluding carboxylic acids is 2. The molecule has 2 saturated heterocycles. The number of esters is 1. The fraction of sp³-hybridized carbons (Fsp3) is 0.440. The van der Waals surface area contributed by atoms with Crippen molar-refractivity contribution in [3.63, 3.8) is 0 Å². The number of nitriles is 1. The molecule has 33 heavy (non-hydrogen) atoms. The van der Waals surface area contributed by atoms with Crippen molar-refractivity contribution in [3.05, 3.63) is 58.3 Å². The maximum atomic E-state index is 12.8. The van der Waals surface area contributed by atoms with E-state index in [0.717, 1.165) is 49.2 Å². The summed E-state index contributed by atoms with van der Waals surface area (Å²) < 4.78 is 5.16. The number of hydrogen-bond donors (Lipinski definition) is 1. The number of anilines is 1. The number of ether oxygens (including phenoxy) is 1. The average Bonchev–Trinajstić information content (AvgIpc) is 3.36. The van der Waals surface area contributed by atoms with Crippen LogP contribution in [0.3, 0.4) is 0 Å². The number of piperidine rings is 1. The summed E-state index contributed by atoms with van der Waals surface area (Å²) in [4.78, 5) is 33.0. The molecule has 0 bridgehead atoms. The first-order valence-electron chi connectivity index (χ1n) is 11.3. The minimum Gasteiger partial charge on any atom is -0.457 e. The molecule has 2 aromatic rings. The van der Waals surface area contributed by atoms with Gasteiger partial charge in [-0.3, -0.25) is 9.69 Å². The SMILES string of the molecule is Cc1c([C@@H](N)CN2CCC3(CC2)CC(=O)N(c2ccc(C#N)cn2)C3)ccc2c1COC2=O. The van der Waals surface area contributed by atoms with Crippen LogP contribution in [0.4, 0.5) is 5.82 Å². The van der Waals surface area contributed by atoms with Gasteiger partial charge in [0.1, 0.15) is 18.5 Å². The monoisotopic (exact) mass is 445 g/mol. The lowest BCUT2D eigenvalue weighted by molar-refractivity contribution is -0.118. The van der Waals surface area contributed by atoms with Gasteiger partial charge in [0.2, 0.25) is 5.91 Å². The van der Waals surface area contributed by atoms with Crippen LogP contribution < -0.4 is 10.6 Å². The van der Waals surface area contributed by atoms with E-state index in [-0.39, 0.29) is 23.3 Å². The topological polar surface area (TPSA) is 113 Å². The van der Waals surface area contributed by atoms with E-state index < -0.39 is 0 Å². The predicted octanol–water partition coefficient (Wildman–Crippen LogP) is 2.45. The molecule has 0 radical (unpaired) electrons. The lowest BCUT2D eigenvalue weighted by atomic mass is 9.77. The van der Waals surface area contributed by atoms with Crippen LogP contribution in [0.5, 0.6) is 0 Å². The molecule has 0 unspecified atom stereocenters. The van der Waals surface area contributed by atoms with Gasteiger partial charge in [0, 0.05) is 37.3 Å². The molecule has 1 aromatic heterocycles. The van der Waals surface area contributed by atoms with E-state index in [2.05, 4.69) is 16.0 Å². The number of cyclic esters (lactones) is 1. The highest BCUT2D eigenvalue weighted by Gasteiger charge is 2.45. The summed E-state index contributed by atoms with van der Waals surface area (Å²) in [7, 11) is 0. The molecule has 4 heterocycles. The maximum absolute atomic E-state index is 12.8. The van der Waals surface area contributed by atoms with Crippen LogP contribution in [0, 0.1) is 23.7 Å². The van der Waals surface area contributed by atoms with Gasteiger partial charge in [-0.1, -0.05) is 6.07 Å². The Hall–Kier alpha value is -3.28. The van der Waals surface area contributed by atoms with Gasteiger partial charge in [-0.15, -0.1) is 0 Å². The highest BCUT2D eigenvalue weighted by atomic mass is 16.5. The number of likely N-dealkylation sites (tertiary alicyclic amines) is 1. The highest BCUT2D eigenvalue weighted by molar-refractivity contribution is 5.95. The summed E-state index contributed by atoms with van der Waals surface area (Å²) in [6, 6.07) is 9.14. The van der Waals surface area contributed by atoms with Crippen LogP contribution in [0.2, 0.25) is 0 Å². The van der Waals surface area contributed by atoms with Crippen LogP contribution >= 0.6 is 0 Å². The quantitative estimate of drug-likeness (QED) is 0.719. The van der Waals surface area contributed by atoms with Crippen molar-refractivity contribution in [2.45, 2.75) is 38.8 Å². The van der Waals surface area contributed by atoms with Crippen molar-refractivity contribution in [2.75, 3.05) is 31.1 Å². The van der Waals surface area contributed by atoms with E-state index in [1.165, 1.54) is 6.20 Å². The van der Waals surface area contributed by atoms with Gasteiger partial charge >= 0.3 is 5.97 Å². The van der Waals surface area contributed by atoms with Gasteiger partial charge in [-0.05, 0) is 67.6 Å². The van der Waals surface area contributed by atoms with E-state index in [9.17, 15) is 9.59 Å². The molecule has 0 aliphatic carbocycles. The number of rotatable bonds is 4. The first kappa shape index (κ1) is 21.6. The van der Waals surface area contributed by atoms with Gasteiger partial charge in [0.25, 0.3) is 0 Å². The highest BCUT2D eigenvalue weighted by Crippen LogP contribution is 2.42. The molecule has 170 valence electrons. The van der Waals surface area contributed by atoms with Crippen molar-refractivity contribution in [2.24, 2.45) is 11.1 Å². The maximum Gasteiger partial charge on any atom is 0.338 e. The molecule has 2 N–H and O–H groups in total. The molecule has 3 aliphatic rings. The Morgan fingerprint density at radius 2 is 2.03 bits per heavy atom. The number of benzene rings is 1. The van der Waals surface area contributed by atoms with Crippen molar-refractivity contribution in [1.29, 1.82) is 5.26 Å². The van der Waals surface area contributed by atoms with Gasteiger partial charge in [0.05, 0.1) is 11.1 Å². The molecular formula is C25H27N5O3. The van der Waals surface area contributed by atoms with E-state index in [0.29, 0.717) is 36.5 Å². The van der Waals surface area contributed by atoms with Crippen LogP contribution in [-0.4, -0.2) is 47.9 Å². The lowest BCUT2D eigenvalue weighted by Crippen LogP contribution is -2.44. The van der Waals surface area contributed by atoms with Crippen LogP contribution in [0.15, 0.2) is 30.5 Å². The van der Waals surface area contributed by atoms with Crippen molar-refractivity contribution >= 4 is 17.7 Å². The summed E-state index contributed by atoms with van der Waals surface area (Å²) in [6.45, 7) is 5.52. The summed E-state index contributed by atoms with van der Waals surface area (Å²) in [5.74, 6) is 0.462. The van der Waals surface area contributed by atoms with Crippen molar-refractivity contribution in [3.8, 4) is 6.07 Å². The summed E-state index contributed by atoms with van der Waals surface area (Å²) in [5, 5.41) is 8.97. The number of carbonyl (C=O) groups is 2. The Morgan fingerprint density at radius 1 is 1.24 bits per heavy atom. The van der Waals surface area contributed by atoms with E-state index in [1.54, 1.807) is 17.0 Å². The van der Waals surface area contributed by atoms with E-state index >= 15 is 0 Å². The van der Waals surface area contributed by atoms with Crippen molar-refractivity contribution < 1.29 is 14.3 Å². The molecule has 8 nitrogen and oxygen atoms in total. The fourth-order valence-corrected chi connectivity index (χ4v) is 5.41. The molecule has 1 amide bonds. The minimum atomic E-state index is -0.258. The Balaban J connectivity index is 1.21. The standard InChI is InChI=1S/C25H27N5O3/c1-16-18(3-4-19-20(16)14-33-24(19)32)21(27)13-29-8-6-25(7-9-29)10-23(31)30(15-25)22-5-2-17(11-26)12-28-22/h2-5,12,21H,6-10,13-15,27H2,1H3/t21-/m0/s1. The molecule has 5 rings (SSSR count). The number of amides is 1. The molecule has 8 heteroatoms. The zero-order chi connectivity index (χ0) is 23.2. The largest absolute Gasteiger partial charge is 0.457 e. The van der Waals surface area contributed by atoms with Gasteiger partial charge in [0.15, 0.2) is 0 Å². The summed E-state index contributed by atoms with van der Waals surface area (Å²) in [5.41, 5.74) is 10.7. The second kappa shape index (κ2) is 8.25. The molecule has 1 spiro atoms. The third-order valence-corrected chi connectivity index (χ3v) is 7.45. The second-order valence-corrected chi connectivity index (χ2v) is 9.46. The summed E-state index contributed by atoms with van der Waals surface area (Å²) in [6.07, 6.45) is 3.92. The first-order valence-corrected chi connectivity index (χ1v) is 11.3. The smallest absolute Gasteiger partial charge is 0.338 e. The number of nitrogens with zero attached hydrogens (tertiary/aromatic N) is 4. The third kappa shape index (κ3) is 3.88. The minimum absolute atomic E-state index is 0.0333. The van der Waals surface area contributed by atoms with E-state index in [4.69, 9.17) is 15.7 Å². The first-order chi connectivity index (χ1) is 15.9. The predicted molar refractivity (Wildman–Crippen MR) is 121 cm³/mol. The Morgan fingerprint density at radius 3 is 2.73 bits per heavy atom. The number of nitrogens with two attached hydrogens (primary N) is 1.